The first-order chi connectivity index (χ1) is 12.1. The van der Waals surface area contributed by atoms with Crippen LogP contribution in [-0.2, 0) is 4.79 Å². The highest BCUT2D eigenvalue weighted by atomic mass is 19.1. The fourth-order valence-electron chi connectivity index (χ4n) is 4.08. The number of carbonyl (C=O) groups is 1. The summed E-state index contributed by atoms with van der Waals surface area (Å²) in [6.45, 7) is 6.37. The lowest BCUT2D eigenvalue weighted by atomic mass is 9.95. The second-order valence-corrected chi connectivity index (χ2v) is 7.88. The van der Waals surface area contributed by atoms with Crippen LogP contribution in [0.15, 0.2) is 24.3 Å². The summed E-state index contributed by atoms with van der Waals surface area (Å²) in [6, 6.07) is 6.64. The molecule has 4 heteroatoms. The number of hydrogen-bond donors (Lipinski definition) is 0. The second-order valence-electron chi connectivity index (χ2n) is 7.88. The Hall–Kier alpha value is -1.42. The van der Waals surface area contributed by atoms with Gasteiger partial charge in [-0.25, -0.2) is 4.39 Å². The van der Waals surface area contributed by atoms with E-state index in [0.717, 1.165) is 50.4 Å². The number of halogens is 1. The van der Waals surface area contributed by atoms with Crippen LogP contribution < -0.4 is 0 Å². The number of hydrogen-bond acceptors (Lipinski definition) is 2. The fraction of sp³-hybridized carbons (Fsp3) is 0.667. The van der Waals surface area contributed by atoms with Crippen LogP contribution in [0.4, 0.5) is 4.39 Å². The number of carbonyl (C=O) groups excluding carboxylic acids is 1. The standard InChI is InChI=1S/C21H31FN2O/c1-3-4-11-23(2)15-16-9-12-24(13-10-16)21(25)20-14-19(20)17-5-7-18(22)8-6-17/h5-8,16,19-20H,3-4,9-15H2,1-2H3. The SMILES string of the molecule is CCCCN(C)CC1CCN(C(=O)C2CC2c2ccc(F)cc2)CC1. The van der Waals surface area contributed by atoms with Gasteiger partial charge in [-0.05, 0) is 68.8 Å². The molecule has 1 aliphatic heterocycles. The van der Waals surface area contributed by atoms with Crippen molar-refractivity contribution < 1.29 is 9.18 Å². The first kappa shape index (κ1) is 18.4. The molecule has 0 spiro atoms. The molecular formula is C21H31FN2O. The van der Waals surface area contributed by atoms with Crippen LogP contribution in [-0.4, -0.2) is 48.9 Å². The molecule has 1 amide bonds. The van der Waals surface area contributed by atoms with Crippen molar-refractivity contribution >= 4 is 5.91 Å². The molecule has 3 rings (SSSR count). The third-order valence-electron chi connectivity index (χ3n) is 5.80. The van der Waals surface area contributed by atoms with Gasteiger partial charge in [0.2, 0.25) is 5.91 Å². The quantitative estimate of drug-likeness (QED) is 0.747. The lowest BCUT2D eigenvalue weighted by molar-refractivity contribution is -0.134. The highest BCUT2D eigenvalue weighted by Crippen LogP contribution is 2.48. The van der Waals surface area contributed by atoms with E-state index in [9.17, 15) is 9.18 Å². The second kappa shape index (κ2) is 8.31. The Morgan fingerprint density at radius 2 is 1.92 bits per heavy atom. The summed E-state index contributed by atoms with van der Waals surface area (Å²) in [7, 11) is 2.21. The van der Waals surface area contributed by atoms with Crippen LogP contribution in [0.2, 0.25) is 0 Å². The highest BCUT2D eigenvalue weighted by molar-refractivity contribution is 5.83. The first-order valence-corrected chi connectivity index (χ1v) is 9.81. The van der Waals surface area contributed by atoms with Gasteiger partial charge in [0.1, 0.15) is 5.82 Å². The maximum absolute atomic E-state index is 13.0. The van der Waals surface area contributed by atoms with Crippen molar-refractivity contribution in [3.8, 4) is 0 Å². The van der Waals surface area contributed by atoms with E-state index in [1.54, 1.807) is 0 Å². The topological polar surface area (TPSA) is 23.6 Å². The number of likely N-dealkylation sites (tertiary alicyclic amines) is 1. The summed E-state index contributed by atoms with van der Waals surface area (Å²) >= 11 is 0. The molecule has 1 aromatic carbocycles. The molecule has 0 bridgehead atoms. The molecule has 2 fully saturated rings. The van der Waals surface area contributed by atoms with E-state index in [4.69, 9.17) is 0 Å². The highest BCUT2D eigenvalue weighted by Gasteiger charge is 2.46. The first-order valence-electron chi connectivity index (χ1n) is 9.81. The van der Waals surface area contributed by atoms with Crippen LogP contribution in [0.25, 0.3) is 0 Å². The molecule has 138 valence electrons. The van der Waals surface area contributed by atoms with Gasteiger partial charge >= 0.3 is 0 Å². The zero-order valence-corrected chi connectivity index (χ0v) is 15.6. The Morgan fingerprint density at radius 3 is 2.56 bits per heavy atom. The van der Waals surface area contributed by atoms with Gasteiger partial charge in [0, 0.05) is 25.6 Å². The Bertz CT molecular complexity index is 566. The molecule has 1 saturated heterocycles. The predicted molar refractivity (Wildman–Crippen MR) is 99.0 cm³/mol. The molecule has 1 aromatic rings. The molecule has 1 aliphatic carbocycles. The van der Waals surface area contributed by atoms with Crippen molar-refractivity contribution in [1.82, 2.24) is 9.80 Å². The lowest BCUT2D eigenvalue weighted by Crippen LogP contribution is -2.42. The monoisotopic (exact) mass is 346 g/mol. The van der Waals surface area contributed by atoms with Gasteiger partial charge in [0.25, 0.3) is 0 Å². The van der Waals surface area contributed by atoms with Crippen LogP contribution in [0.5, 0.6) is 0 Å². The molecule has 2 atom stereocenters. The van der Waals surface area contributed by atoms with E-state index < -0.39 is 0 Å². The number of benzene rings is 1. The van der Waals surface area contributed by atoms with Crippen LogP contribution in [0.3, 0.4) is 0 Å². The van der Waals surface area contributed by atoms with E-state index in [1.165, 1.54) is 31.5 Å². The normalized spacial score (nSPS) is 23.9. The van der Waals surface area contributed by atoms with Gasteiger partial charge in [-0.1, -0.05) is 25.5 Å². The van der Waals surface area contributed by atoms with Crippen molar-refractivity contribution in [1.29, 1.82) is 0 Å². The average Bonchev–Trinajstić information content (AvgIpc) is 3.41. The maximum atomic E-state index is 13.0. The Morgan fingerprint density at radius 1 is 1.24 bits per heavy atom. The van der Waals surface area contributed by atoms with Crippen molar-refractivity contribution in [3.63, 3.8) is 0 Å². The minimum atomic E-state index is -0.210. The van der Waals surface area contributed by atoms with Gasteiger partial charge in [0.15, 0.2) is 0 Å². The number of unbranched alkanes of at least 4 members (excludes halogenated alkanes) is 1. The largest absolute Gasteiger partial charge is 0.342 e. The molecule has 3 nitrogen and oxygen atoms in total. The van der Waals surface area contributed by atoms with E-state index >= 15 is 0 Å². The van der Waals surface area contributed by atoms with Gasteiger partial charge < -0.3 is 9.80 Å². The molecule has 1 saturated carbocycles. The Labute approximate surface area is 151 Å². The minimum absolute atomic E-state index is 0.120. The summed E-state index contributed by atoms with van der Waals surface area (Å²) in [5.74, 6) is 1.24. The summed E-state index contributed by atoms with van der Waals surface area (Å²) in [5, 5.41) is 0. The molecule has 0 radical (unpaired) electrons. The minimum Gasteiger partial charge on any atom is -0.342 e. The van der Waals surface area contributed by atoms with Crippen molar-refractivity contribution in [3.05, 3.63) is 35.6 Å². The van der Waals surface area contributed by atoms with E-state index in [2.05, 4.69) is 23.8 Å². The zero-order chi connectivity index (χ0) is 17.8. The van der Waals surface area contributed by atoms with Crippen LogP contribution in [0.1, 0.15) is 50.5 Å². The van der Waals surface area contributed by atoms with Gasteiger partial charge in [-0.2, -0.15) is 0 Å². The van der Waals surface area contributed by atoms with Gasteiger partial charge in [0.05, 0.1) is 0 Å². The van der Waals surface area contributed by atoms with E-state index in [0.29, 0.717) is 11.8 Å². The summed E-state index contributed by atoms with van der Waals surface area (Å²) in [5.41, 5.74) is 1.10. The van der Waals surface area contributed by atoms with Crippen molar-refractivity contribution in [2.45, 2.75) is 44.9 Å². The number of nitrogens with zero attached hydrogens (tertiary/aromatic N) is 2. The average molecular weight is 346 g/mol. The summed E-state index contributed by atoms with van der Waals surface area (Å²) < 4.78 is 13.0. The van der Waals surface area contributed by atoms with Gasteiger partial charge in [-0.15, -0.1) is 0 Å². The number of rotatable bonds is 7. The summed E-state index contributed by atoms with van der Waals surface area (Å²) in [6.07, 6.45) is 5.67. The number of amides is 1. The molecular weight excluding hydrogens is 315 g/mol. The van der Waals surface area contributed by atoms with Crippen LogP contribution in [0, 0.1) is 17.7 Å². The van der Waals surface area contributed by atoms with E-state index in [1.807, 2.05) is 12.1 Å². The van der Waals surface area contributed by atoms with Crippen molar-refractivity contribution in [2.24, 2.45) is 11.8 Å². The third kappa shape index (κ3) is 4.81. The smallest absolute Gasteiger partial charge is 0.226 e. The molecule has 1 heterocycles. The van der Waals surface area contributed by atoms with Crippen molar-refractivity contribution in [2.75, 3.05) is 33.2 Å². The van der Waals surface area contributed by atoms with E-state index in [-0.39, 0.29) is 11.7 Å². The molecule has 2 unspecified atom stereocenters. The summed E-state index contributed by atoms with van der Waals surface area (Å²) in [4.78, 5) is 17.2. The molecule has 0 aromatic heterocycles. The Balaban J connectivity index is 1.42. The zero-order valence-electron chi connectivity index (χ0n) is 15.6. The maximum Gasteiger partial charge on any atom is 0.226 e. The molecule has 0 N–H and O–H groups in total. The lowest BCUT2D eigenvalue weighted by Gasteiger charge is -2.34. The third-order valence-corrected chi connectivity index (χ3v) is 5.80. The predicted octanol–water partition coefficient (Wildman–Crippen LogP) is 3.90. The molecule has 2 aliphatic rings. The molecule has 25 heavy (non-hydrogen) atoms. The fourth-order valence-corrected chi connectivity index (χ4v) is 4.08. The Kier molecular flexibility index (Phi) is 6.10. The van der Waals surface area contributed by atoms with Gasteiger partial charge in [-0.3, -0.25) is 4.79 Å². The van der Waals surface area contributed by atoms with Crippen LogP contribution >= 0.6 is 0 Å². The number of piperidine rings is 1.